The molecule has 0 aliphatic rings. The predicted octanol–water partition coefficient (Wildman–Crippen LogP) is 6.02. The first kappa shape index (κ1) is 20.4. The number of carbonyl (C=O) groups excluding carboxylic acids is 2. The summed E-state index contributed by atoms with van der Waals surface area (Å²) in [7, 11) is 0. The fraction of sp³-hybridized carbons (Fsp3) is 0.0417. The maximum atomic E-state index is 12.0. The van der Waals surface area contributed by atoms with E-state index in [1.807, 2.05) is 36.4 Å². The molecule has 29 heavy (non-hydrogen) atoms. The second kappa shape index (κ2) is 9.75. The molecule has 0 saturated carbocycles. The van der Waals surface area contributed by atoms with Gasteiger partial charge in [0.1, 0.15) is 5.75 Å². The maximum Gasteiger partial charge on any atom is 0.336 e. The highest BCUT2D eigenvalue weighted by Crippen LogP contribution is 2.16. The highest BCUT2D eigenvalue weighted by Gasteiger charge is 2.01. The van der Waals surface area contributed by atoms with Crippen LogP contribution in [-0.4, -0.2) is 18.0 Å². The van der Waals surface area contributed by atoms with Gasteiger partial charge in [-0.2, -0.15) is 0 Å². The van der Waals surface area contributed by atoms with Crippen LogP contribution in [-0.2, 0) is 4.79 Å². The monoisotopic (exact) mass is 447 g/mol. The molecule has 0 saturated heterocycles. The zero-order valence-corrected chi connectivity index (χ0v) is 17.3. The molecule has 4 nitrogen and oxygen atoms in total. The number of hydrogen-bond acceptors (Lipinski definition) is 4. The van der Waals surface area contributed by atoms with Gasteiger partial charge in [0.05, 0.1) is 5.69 Å². The average Bonchev–Trinajstić information content (AvgIpc) is 2.73. The van der Waals surface area contributed by atoms with Gasteiger partial charge in [-0.15, -0.1) is 0 Å². The van der Waals surface area contributed by atoms with Gasteiger partial charge in [-0.3, -0.25) is 9.79 Å². The summed E-state index contributed by atoms with van der Waals surface area (Å²) < 4.78 is 6.28. The van der Waals surface area contributed by atoms with Crippen LogP contribution in [0.25, 0.3) is 6.08 Å². The molecule has 0 fully saturated rings. The van der Waals surface area contributed by atoms with E-state index in [0.717, 1.165) is 21.3 Å². The number of halogens is 1. The second-order valence-electron chi connectivity index (χ2n) is 6.24. The van der Waals surface area contributed by atoms with Crippen molar-refractivity contribution in [1.82, 2.24) is 0 Å². The standard InChI is InChI=1S/C24H18BrNO3/c1-17(27)20-7-11-22(12-8-20)26-16-19-4-13-23(14-5-19)29-24(28)15-6-18-2-9-21(25)10-3-18/h2-16H,1H3/b15-6-,26-16?. The van der Waals surface area contributed by atoms with Crippen molar-refractivity contribution in [2.24, 2.45) is 4.99 Å². The molecule has 0 aromatic heterocycles. The Morgan fingerprint density at radius 1 is 0.862 bits per heavy atom. The van der Waals surface area contributed by atoms with Crippen LogP contribution in [0.1, 0.15) is 28.4 Å². The molecular weight excluding hydrogens is 430 g/mol. The third-order valence-electron chi connectivity index (χ3n) is 4.02. The molecule has 0 bridgehead atoms. The summed E-state index contributed by atoms with van der Waals surface area (Å²) in [4.78, 5) is 27.6. The minimum absolute atomic E-state index is 0.0253. The predicted molar refractivity (Wildman–Crippen MR) is 119 cm³/mol. The van der Waals surface area contributed by atoms with Crippen molar-refractivity contribution in [2.75, 3.05) is 0 Å². The molecule has 0 amide bonds. The van der Waals surface area contributed by atoms with Crippen molar-refractivity contribution in [3.63, 3.8) is 0 Å². The molecule has 3 rings (SSSR count). The van der Waals surface area contributed by atoms with Crippen molar-refractivity contribution in [3.8, 4) is 5.75 Å². The Morgan fingerprint density at radius 2 is 1.48 bits per heavy atom. The van der Waals surface area contributed by atoms with Crippen molar-refractivity contribution >= 4 is 45.7 Å². The van der Waals surface area contributed by atoms with E-state index in [9.17, 15) is 9.59 Å². The Labute approximate surface area is 177 Å². The first-order valence-electron chi connectivity index (χ1n) is 8.90. The molecular formula is C24H18BrNO3. The number of esters is 1. The minimum atomic E-state index is -0.445. The summed E-state index contributed by atoms with van der Waals surface area (Å²) in [5.74, 6) is 0.0377. The van der Waals surface area contributed by atoms with E-state index in [0.29, 0.717) is 11.3 Å². The topological polar surface area (TPSA) is 55.7 Å². The lowest BCUT2D eigenvalue weighted by atomic mass is 10.1. The van der Waals surface area contributed by atoms with Crippen molar-refractivity contribution in [3.05, 3.63) is 100 Å². The summed E-state index contributed by atoms with van der Waals surface area (Å²) in [5.41, 5.74) is 3.19. The van der Waals surface area contributed by atoms with E-state index in [2.05, 4.69) is 20.9 Å². The Hall–Kier alpha value is -3.31. The normalized spacial score (nSPS) is 11.1. The van der Waals surface area contributed by atoms with Crippen LogP contribution in [0.4, 0.5) is 5.69 Å². The highest BCUT2D eigenvalue weighted by atomic mass is 79.9. The number of nitrogens with zero attached hydrogens (tertiary/aromatic N) is 1. The van der Waals surface area contributed by atoms with E-state index >= 15 is 0 Å². The first-order chi connectivity index (χ1) is 14.0. The van der Waals surface area contributed by atoms with Crippen LogP contribution in [0.15, 0.2) is 88.3 Å². The quantitative estimate of drug-likeness (QED) is 0.152. The van der Waals surface area contributed by atoms with Gasteiger partial charge < -0.3 is 4.74 Å². The molecule has 0 unspecified atom stereocenters. The second-order valence-corrected chi connectivity index (χ2v) is 7.15. The number of rotatable bonds is 6. The zero-order chi connectivity index (χ0) is 20.6. The summed E-state index contributed by atoms with van der Waals surface area (Å²) in [6.45, 7) is 1.53. The van der Waals surface area contributed by atoms with E-state index in [1.165, 1.54) is 13.0 Å². The fourth-order valence-corrected chi connectivity index (χ4v) is 2.71. The third kappa shape index (κ3) is 6.36. The first-order valence-corrected chi connectivity index (χ1v) is 9.69. The number of aliphatic imine (C=N–C) groups is 1. The maximum absolute atomic E-state index is 12.0. The Morgan fingerprint density at radius 3 is 2.10 bits per heavy atom. The average molecular weight is 448 g/mol. The molecule has 0 radical (unpaired) electrons. The smallest absolute Gasteiger partial charge is 0.336 e. The van der Waals surface area contributed by atoms with E-state index in [-0.39, 0.29) is 5.78 Å². The summed E-state index contributed by atoms with van der Waals surface area (Å²) in [6.07, 6.45) is 4.80. The van der Waals surface area contributed by atoms with Gasteiger partial charge in [-0.05, 0) is 84.8 Å². The van der Waals surface area contributed by atoms with Gasteiger partial charge in [0.2, 0.25) is 0 Å². The molecule has 0 N–H and O–H groups in total. The molecule has 5 heteroatoms. The van der Waals surface area contributed by atoms with Crippen molar-refractivity contribution < 1.29 is 14.3 Å². The Bertz CT molecular complexity index is 1050. The molecule has 144 valence electrons. The van der Waals surface area contributed by atoms with Crippen LogP contribution in [0, 0.1) is 0 Å². The molecule has 0 spiro atoms. The SMILES string of the molecule is CC(=O)c1ccc(N=Cc2ccc(OC(=O)/C=C\c3ccc(Br)cc3)cc2)cc1. The lowest BCUT2D eigenvalue weighted by Crippen LogP contribution is -2.03. The van der Waals surface area contributed by atoms with E-state index in [4.69, 9.17) is 4.74 Å². The lowest BCUT2D eigenvalue weighted by Gasteiger charge is -2.02. The summed E-state index contributed by atoms with van der Waals surface area (Å²) in [5, 5.41) is 0. The van der Waals surface area contributed by atoms with Crippen molar-refractivity contribution in [1.29, 1.82) is 0 Å². The van der Waals surface area contributed by atoms with Gasteiger partial charge in [-0.1, -0.05) is 28.1 Å². The van der Waals surface area contributed by atoms with Crippen molar-refractivity contribution in [2.45, 2.75) is 6.92 Å². The largest absolute Gasteiger partial charge is 0.423 e. The Balaban J connectivity index is 1.57. The van der Waals surface area contributed by atoms with Gasteiger partial charge in [0, 0.05) is 22.3 Å². The van der Waals surface area contributed by atoms with Crippen LogP contribution in [0.2, 0.25) is 0 Å². The lowest BCUT2D eigenvalue weighted by molar-refractivity contribution is -0.128. The number of Topliss-reactive ketones (excluding diaryl/α,β-unsaturated/α-hetero) is 1. The third-order valence-corrected chi connectivity index (χ3v) is 4.55. The summed E-state index contributed by atoms with van der Waals surface area (Å²) in [6, 6.07) is 21.7. The molecule has 3 aromatic rings. The van der Waals surface area contributed by atoms with Crippen LogP contribution in [0.3, 0.4) is 0 Å². The van der Waals surface area contributed by atoms with E-state index in [1.54, 1.807) is 48.7 Å². The van der Waals surface area contributed by atoms with Gasteiger partial charge in [0.15, 0.2) is 5.78 Å². The number of hydrogen-bond donors (Lipinski definition) is 0. The molecule has 0 aliphatic heterocycles. The number of ketones is 1. The van der Waals surface area contributed by atoms with Gasteiger partial charge in [-0.25, -0.2) is 4.79 Å². The number of benzene rings is 3. The fourth-order valence-electron chi connectivity index (χ4n) is 2.44. The van der Waals surface area contributed by atoms with Crippen LogP contribution in [0.5, 0.6) is 5.75 Å². The molecule has 3 aromatic carbocycles. The minimum Gasteiger partial charge on any atom is -0.423 e. The number of ether oxygens (including phenoxy) is 1. The number of carbonyl (C=O) groups is 2. The summed E-state index contributed by atoms with van der Waals surface area (Å²) >= 11 is 3.37. The van der Waals surface area contributed by atoms with Gasteiger partial charge >= 0.3 is 5.97 Å². The van der Waals surface area contributed by atoms with Gasteiger partial charge in [0.25, 0.3) is 0 Å². The zero-order valence-electron chi connectivity index (χ0n) is 15.7. The molecule has 0 aliphatic carbocycles. The van der Waals surface area contributed by atoms with Crippen LogP contribution >= 0.6 is 15.9 Å². The Kier molecular flexibility index (Phi) is 6.87. The highest BCUT2D eigenvalue weighted by molar-refractivity contribution is 9.10. The van der Waals surface area contributed by atoms with E-state index < -0.39 is 5.97 Å². The molecule has 0 heterocycles. The van der Waals surface area contributed by atoms with Crippen LogP contribution < -0.4 is 4.74 Å². The molecule has 0 atom stereocenters.